The van der Waals surface area contributed by atoms with E-state index < -0.39 is 11.6 Å². The van der Waals surface area contributed by atoms with Crippen LogP contribution in [-0.4, -0.2) is 33.0 Å². The van der Waals surface area contributed by atoms with E-state index in [-0.39, 0.29) is 12.0 Å². The van der Waals surface area contributed by atoms with Gasteiger partial charge in [-0.25, -0.2) is 0 Å². The molecule has 1 rings (SSSR count). The molecule has 32 heavy (non-hydrogen) atoms. The molecule has 4 nitrogen and oxygen atoms in total. The molecule has 0 heterocycles. The predicted molar refractivity (Wildman–Crippen MR) is 134 cm³/mol. The minimum absolute atomic E-state index is 0.252. The molecule has 0 radical (unpaired) electrons. The summed E-state index contributed by atoms with van der Waals surface area (Å²) in [6.07, 6.45) is 14.6. The standard InChI is InChI=1S/C28H50O4/c1-20(12-8-14-22(3)27(30)31)10-7-11-21(2)13-9-16-28(6,32)17-15-25-18-23(4)24(5)26(29)19-25/h10,19,21-24,26,29,32H,7-9,11-18H2,1-6H3,(H,30,31)/b20-10+. The van der Waals surface area contributed by atoms with Crippen molar-refractivity contribution in [3.8, 4) is 0 Å². The Morgan fingerprint density at radius 3 is 2.50 bits per heavy atom. The number of aliphatic hydroxyl groups is 2. The number of carboxylic acids is 1. The Bertz CT molecular complexity index is 619. The molecule has 0 aromatic rings. The fourth-order valence-corrected chi connectivity index (χ4v) is 4.64. The Kier molecular flexibility index (Phi) is 12.8. The molecule has 0 bridgehead atoms. The molecule has 0 aliphatic heterocycles. The van der Waals surface area contributed by atoms with Crippen molar-refractivity contribution in [2.45, 2.75) is 124 Å². The highest BCUT2D eigenvalue weighted by atomic mass is 16.4. The van der Waals surface area contributed by atoms with Crippen LogP contribution < -0.4 is 0 Å². The molecular formula is C28H50O4. The molecular weight excluding hydrogens is 400 g/mol. The smallest absolute Gasteiger partial charge is 0.306 e. The van der Waals surface area contributed by atoms with E-state index in [1.165, 1.54) is 11.1 Å². The second-order valence-electron chi connectivity index (χ2n) is 11.1. The number of carbonyl (C=O) groups is 1. The van der Waals surface area contributed by atoms with E-state index in [9.17, 15) is 15.0 Å². The van der Waals surface area contributed by atoms with E-state index >= 15 is 0 Å². The zero-order valence-corrected chi connectivity index (χ0v) is 21.6. The van der Waals surface area contributed by atoms with E-state index in [0.29, 0.717) is 17.8 Å². The first-order chi connectivity index (χ1) is 14.9. The Morgan fingerprint density at radius 1 is 1.19 bits per heavy atom. The minimum atomic E-state index is -0.700. The van der Waals surface area contributed by atoms with Gasteiger partial charge in [-0.15, -0.1) is 0 Å². The second-order valence-corrected chi connectivity index (χ2v) is 11.1. The molecule has 1 aliphatic rings. The molecule has 3 N–H and O–H groups in total. The fraction of sp³-hybridized carbons (Fsp3) is 0.821. The van der Waals surface area contributed by atoms with Gasteiger partial charge in [0, 0.05) is 0 Å². The Hall–Kier alpha value is -1.13. The summed E-state index contributed by atoms with van der Waals surface area (Å²) in [5.41, 5.74) is 2.03. The van der Waals surface area contributed by atoms with Crippen LogP contribution in [0.5, 0.6) is 0 Å². The van der Waals surface area contributed by atoms with Crippen molar-refractivity contribution < 1.29 is 20.1 Å². The van der Waals surface area contributed by atoms with Crippen molar-refractivity contribution in [3.63, 3.8) is 0 Å². The summed E-state index contributed by atoms with van der Waals surface area (Å²) < 4.78 is 0. The van der Waals surface area contributed by atoms with Gasteiger partial charge in [0.25, 0.3) is 0 Å². The van der Waals surface area contributed by atoms with Crippen LogP contribution in [0, 0.1) is 23.7 Å². The molecule has 0 saturated carbocycles. The number of allylic oxidation sites excluding steroid dienone is 3. The van der Waals surface area contributed by atoms with Gasteiger partial charge in [-0.1, -0.05) is 63.8 Å². The van der Waals surface area contributed by atoms with Gasteiger partial charge in [-0.2, -0.15) is 0 Å². The zero-order chi connectivity index (χ0) is 24.3. The summed E-state index contributed by atoms with van der Waals surface area (Å²) in [5, 5.41) is 29.9. The van der Waals surface area contributed by atoms with Crippen molar-refractivity contribution in [1.82, 2.24) is 0 Å². The first-order valence-corrected chi connectivity index (χ1v) is 12.9. The number of rotatable bonds is 15. The van der Waals surface area contributed by atoms with E-state index in [1.807, 2.05) is 13.0 Å². The summed E-state index contributed by atoms with van der Waals surface area (Å²) in [7, 11) is 0. The maximum absolute atomic E-state index is 10.9. The molecule has 6 atom stereocenters. The molecule has 6 unspecified atom stereocenters. The molecule has 1 aliphatic carbocycles. The van der Waals surface area contributed by atoms with Gasteiger partial charge < -0.3 is 15.3 Å². The average Bonchev–Trinajstić information content (AvgIpc) is 2.70. The molecule has 0 aromatic carbocycles. The highest BCUT2D eigenvalue weighted by Gasteiger charge is 2.27. The number of hydrogen-bond acceptors (Lipinski definition) is 3. The van der Waals surface area contributed by atoms with Gasteiger partial charge in [0.15, 0.2) is 0 Å². The second kappa shape index (κ2) is 14.2. The Morgan fingerprint density at radius 2 is 1.88 bits per heavy atom. The number of carboxylic acid groups (broad SMARTS) is 1. The lowest BCUT2D eigenvalue weighted by molar-refractivity contribution is -0.141. The average molecular weight is 451 g/mol. The van der Waals surface area contributed by atoms with Gasteiger partial charge in [0.1, 0.15) is 0 Å². The minimum Gasteiger partial charge on any atom is -0.481 e. The van der Waals surface area contributed by atoms with Crippen molar-refractivity contribution in [1.29, 1.82) is 0 Å². The lowest BCUT2D eigenvalue weighted by atomic mass is 9.78. The molecule has 0 fully saturated rings. The van der Waals surface area contributed by atoms with Crippen molar-refractivity contribution in [2.75, 3.05) is 0 Å². The van der Waals surface area contributed by atoms with Gasteiger partial charge >= 0.3 is 5.97 Å². The van der Waals surface area contributed by atoms with Crippen molar-refractivity contribution in [3.05, 3.63) is 23.3 Å². The molecule has 0 aromatic heterocycles. The van der Waals surface area contributed by atoms with Crippen LogP contribution in [0.1, 0.15) is 112 Å². The van der Waals surface area contributed by atoms with Gasteiger partial charge in [0.05, 0.1) is 17.6 Å². The van der Waals surface area contributed by atoms with Crippen LogP contribution >= 0.6 is 0 Å². The fourth-order valence-electron chi connectivity index (χ4n) is 4.64. The third-order valence-corrected chi connectivity index (χ3v) is 7.61. The van der Waals surface area contributed by atoms with Crippen molar-refractivity contribution in [2.24, 2.45) is 23.7 Å². The van der Waals surface area contributed by atoms with Crippen molar-refractivity contribution >= 4 is 5.97 Å². The van der Waals surface area contributed by atoms with Gasteiger partial charge in [-0.05, 0) is 89.4 Å². The molecule has 0 amide bonds. The van der Waals surface area contributed by atoms with Crippen LogP contribution in [-0.2, 0) is 4.79 Å². The molecule has 186 valence electrons. The summed E-state index contributed by atoms with van der Waals surface area (Å²) in [5.74, 6) is 0.508. The summed E-state index contributed by atoms with van der Waals surface area (Å²) in [6.45, 7) is 12.5. The van der Waals surface area contributed by atoms with E-state index in [4.69, 9.17) is 5.11 Å². The van der Waals surface area contributed by atoms with E-state index in [2.05, 4.69) is 33.8 Å². The maximum Gasteiger partial charge on any atom is 0.306 e. The van der Waals surface area contributed by atoms with Crippen LogP contribution in [0.25, 0.3) is 0 Å². The lowest BCUT2D eigenvalue weighted by Gasteiger charge is -2.31. The van der Waals surface area contributed by atoms with E-state index in [0.717, 1.165) is 70.6 Å². The summed E-state index contributed by atoms with van der Waals surface area (Å²) in [6, 6.07) is 0. The topological polar surface area (TPSA) is 77.8 Å². The third kappa shape index (κ3) is 11.7. The van der Waals surface area contributed by atoms with Crippen LogP contribution in [0.3, 0.4) is 0 Å². The Labute approximate surface area is 197 Å². The summed E-state index contributed by atoms with van der Waals surface area (Å²) >= 11 is 0. The molecule has 0 saturated heterocycles. The van der Waals surface area contributed by atoms with Crippen LogP contribution in [0.15, 0.2) is 23.3 Å². The predicted octanol–water partition coefficient (Wildman–Crippen LogP) is 6.90. The maximum atomic E-state index is 10.9. The first kappa shape index (κ1) is 28.9. The number of hydrogen-bond donors (Lipinski definition) is 3. The Balaban J connectivity index is 2.22. The first-order valence-electron chi connectivity index (χ1n) is 12.9. The summed E-state index contributed by atoms with van der Waals surface area (Å²) in [4.78, 5) is 10.9. The number of aliphatic hydroxyl groups excluding tert-OH is 1. The van der Waals surface area contributed by atoms with Crippen LogP contribution in [0.4, 0.5) is 0 Å². The number of aliphatic carboxylic acids is 1. The SMILES string of the molecule is C/C(=C\CCC(C)CCCC(C)(O)CCC1=CC(O)C(C)C(C)C1)CCCC(C)C(=O)O. The molecule has 0 spiro atoms. The zero-order valence-electron chi connectivity index (χ0n) is 21.6. The normalized spacial score (nSPS) is 25.7. The lowest BCUT2D eigenvalue weighted by Crippen LogP contribution is -2.28. The van der Waals surface area contributed by atoms with Crippen LogP contribution in [0.2, 0.25) is 0 Å². The molecule has 4 heteroatoms. The highest BCUT2D eigenvalue weighted by Crippen LogP contribution is 2.33. The van der Waals surface area contributed by atoms with Gasteiger partial charge in [-0.3, -0.25) is 4.79 Å². The largest absolute Gasteiger partial charge is 0.481 e. The quantitative estimate of drug-likeness (QED) is 0.237. The monoisotopic (exact) mass is 450 g/mol. The third-order valence-electron chi connectivity index (χ3n) is 7.61. The van der Waals surface area contributed by atoms with Gasteiger partial charge in [0.2, 0.25) is 0 Å². The highest BCUT2D eigenvalue weighted by molar-refractivity contribution is 5.69. The van der Waals surface area contributed by atoms with E-state index in [1.54, 1.807) is 6.92 Å².